The maximum absolute atomic E-state index is 12.7. The molecule has 1 amide bonds. The summed E-state index contributed by atoms with van der Waals surface area (Å²) < 4.78 is 38.2. The number of pyridine rings is 1. The van der Waals surface area contributed by atoms with E-state index in [0.717, 1.165) is 27.2 Å². The van der Waals surface area contributed by atoms with Gasteiger partial charge in [0.15, 0.2) is 0 Å². The highest BCUT2D eigenvalue weighted by Gasteiger charge is 2.42. The molecule has 1 aliphatic rings. The molecule has 0 saturated carbocycles. The van der Waals surface area contributed by atoms with E-state index in [4.69, 9.17) is 11.6 Å². The largest absolute Gasteiger partial charge is 0.471 e. The minimum absolute atomic E-state index is 0.0133. The van der Waals surface area contributed by atoms with Crippen LogP contribution in [-0.4, -0.2) is 35.1 Å². The predicted octanol–water partition coefficient (Wildman–Crippen LogP) is 4.39. The molecular weight excluding hydrogens is 365 g/mol. The molecule has 7 heteroatoms. The van der Waals surface area contributed by atoms with Gasteiger partial charge in [0.25, 0.3) is 0 Å². The van der Waals surface area contributed by atoms with Gasteiger partial charge in [-0.15, -0.1) is 0 Å². The highest BCUT2D eigenvalue weighted by molar-refractivity contribution is 6.32. The number of carbonyl (C=O) groups is 1. The molecule has 0 radical (unpaired) electrons. The maximum atomic E-state index is 12.7. The average molecular weight is 381 g/mol. The first-order valence-corrected chi connectivity index (χ1v) is 8.48. The van der Waals surface area contributed by atoms with E-state index in [9.17, 15) is 18.0 Å². The van der Waals surface area contributed by atoms with Crippen LogP contribution in [0.2, 0.25) is 5.02 Å². The van der Waals surface area contributed by atoms with Gasteiger partial charge in [0.05, 0.1) is 0 Å². The van der Waals surface area contributed by atoms with Crippen LogP contribution in [0.25, 0.3) is 12.2 Å². The monoisotopic (exact) mass is 380 g/mol. The van der Waals surface area contributed by atoms with Crippen LogP contribution >= 0.6 is 11.6 Å². The first-order chi connectivity index (χ1) is 12.4. The number of benzene rings is 1. The van der Waals surface area contributed by atoms with E-state index in [1.54, 1.807) is 18.5 Å². The fourth-order valence-corrected chi connectivity index (χ4v) is 3.28. The fraction of sp³-hybridized carbons (Fsp3) is 0.263. The Hall–Kier alpha value is -2.34. The van der Waals surface area contributed by atoms with Gasteiger partial charge in [-0.3, -0.25) is 9.78 Å². The average Bonchev–Trinajstić information content (AvgIpc) is 2.83. The second kappa shape index (κ2) is 7.50. The molecule has 3 rings (SSSR count). The quantitative estimate of drug-likeness (QED) is 0.774. The minimum Gasteiger partial charge on any atom is -0.334 e. The molecule has 1 aromatic carbocycles. The highest BCUT2D eigenvalue weighted by atomic mass is 35.5. The van der Waals surface area contributed by atoms with Gasteiger partial charge in [0.2, 0.25) is 0 Å². The number of rotatable bonds is 2. The predicted molar refractivity (Wildman–Crippen MR) is 94.7 cm³/mol. The number of alkyl halides is 3. The lowest BCUT2D eigenvalue weighted by molar-refractivity contribution is -0.185. The van der Waals surface area contributed by atoms with Crippen LogP contribution in [-0.2, 0) is 17.6 Å². The maximum Gasteiger partial charge on any atom is 0.471 e. The van der Waals surface area contributed by atoms with Crippen molar-refractivity contribution >= 4 is 29.7 Å². The molecule has 3 nitrogen and oxygen atoms in total. The van der Waals surface area contributed by atoms with E-state index in [1.165, 1.54) is 0 Å². The third-order valence-corrected chi connectivity index (χ3v) is 4.67. The van der Waals surface area contributed by atoms with Crippen LogP contribution in [0.5, 0.6) is 0 Å². The third kappa shape index (κ3) is 4.07. The molecule has 0 bridgehead atoms. The number of nitrogens with zero attached hydrogens (tertiary/aromatic N) is 2. The Morgan fingerprint density at radius 3 is 2.62 bits per heavy atom. The molecule has 0 atom stereocenters. The van der Waals surface area contributed by atoms with Gasteiger partial charge in [-0.2, -0.15) is 13.2 Å². The van der Waals surface area contributed by atoms with Crippen molar-refractivity contribution in [3.8, 4) is 0 Å². The molecule has 0 unspecified atom stereocenters. The number of amides is 1. The van der Waals surface area contributed by atoms with Crippen molar-refractivity contribution in [2.24, 2.45) is 0 Å². The van der Waals surface area contributed by atoms with Gasteiger partial charge in [-0.05, 0) is 47.2 Å². The van der Waals surface area contributed by atoms with Crippen LogP contribution < -0.4 is 0 Å². The van der Waals surface area contributed by atoms with Gasteiger partial charge in [-0.25, -0.2) is 0 Å². The topological polar surface area (TPSA) is 33.2 Å². The molecule has 0 spiro atoms. The Kier molecular flexibility index (Phi) is 5.32. The van der Waals surface area contributed by atoms with Crippen molar-refractivity contribution in [3.05, 3.63) is 63.9 Å². The van der Waals surface area contributed by atoms with Gasteiger partial charge in [0.1, 0.15) is 0 Å². The lowest BCUT2D eigenvalue weighted by Gasteiger charge is -2.21. The van der Waals surface area contributed by atoms with Gasteiger partial charge >= 0.3 is 12.1 Å². The van der Waals surface area contributed by atoms with E-state index < -0.39 is 12.1 Å². The zero-order chi connectivity index (χ0) is 18.7. The number of aromatic nitrogens is 1. The summed E-state index contributed by atoms with van der Waals surface area (Å²) in [4.78, 5) is 16.4. The van der Waals surface area contributed by atoms with Gasteiger partial charge in [-0.1, -0.05) is 35.9 Å². The standard InChI is InChI=1S/C19H16ClF3N2O/c20-17-6-4-14-7-10-25(18(26)19(21,22)23)11-8-15(14)16(17)5-3-13-2-1-9-24-12-13/h1-6,9,12H,7-8,10-11H2. The Bertz CT molecular complexity index is 835. The lowest BCUT2D eigenvalue weighted by atomic mass is 9.96. The number of halogens is 4. The Balaban J connectivity index is 1.88. The van der Waals surface area contributed by atoms with E-state index in [1.807, 2.05) is 30.4 Å². The Morgan fingerprint density at radius 1 is 1.15 bits per heavy atom. The van der Waals surface area contributed by atoms with Gasteiger partial charge in [0, 0.05) is 30.5 Å². The summed E-state index contributed by atoms with van der Waals surface area (Å²) in [6.45, 7) is 0.0537. The molecular formula is C19H16ClF3N2O. The first-order valence-electron chi connectivity index (χ1n) is 8.11. The summed E-state index contributed by atoms with van der Waals surface area (Å²) in [5.74, 6) is -1.79. The smallest absolute Gasteiger partial charge is 0.334 e. The number of carbonyl (C=O) groups excluding carboxylic acids is 1. The number of fused-ring (bicyclic) bond motifs is 1. The second-order valence-corrected chi connectivity index (χ2v) is 6.42. The highest BCUT2D eigenvalue weighted by Crippen LogP contribution is 2.29. The molecule has 2 heterocycles. The summed E-state index contributed by atoms with van der Waals surface area (Å²) >= 11 is 6.32. The molecule has 1 aromatic heterocycles. The SMILES string of the molecule is O=C(N1CCc2ccc(Cl)c(C=Cc3cccnc3)c2CC1)C(F)(F)F. The molecule has 136 valence electrons. The van der Waals surface area contributed by atoms with E-state index in [2.05, 4.69) is 4.98 Å². The van der Waals surface area contributed by atoms with Crippen LogP contribution in [0, 0.1) is 0 Å². The van der Waals surface area contributed by atoms with Crippen LogP contribution in [0.3, 0.4) is 0 Å². The van der Waals surface area contributed by atoms with Crippen molar-refractivity contribution < 1.29 is 18.0 Å². The van der Waals surface area contributed by atoms with Crippen molar-refractivity contribution in [3.63, 3.8) is 0 Å². The number of hydrogen-bond acceptors (Lipinski definition) is 2. The normalized spacial score (nSPS) is 15.0. The summed E-state index contributed by atoms with van der Waals surface area (Å²) in [6.07, 6.45) is 2.92. The van der Waals surface area contributed by atoms with Crippen molar-refractivity contribution in [2.75, 3.05) is 13.1 Å². The van der Waals surface area contributed by atoms with E-state index in [0.29, 0.717) is 17.9 Å². The third-order valence-electron chi connectivity index (χ3n) is 4.34. The Morgan fingerprint density at radius 2 is 1.92 bits per heavy atom. The van der Waals surface area contributed by atoms with Crippen LogP contribution in [0.4, 0.5) is 13.2 Å². The van der Waals surface area contributed by atoms with Crippen LogP contribution in [0.15, 0.2) is 36.7 Å². The zero-order valence-corrected chi connectivity index (χ0v) is 14.5. The molecule has 0 fully saturated rings. The molecule has 0 N–H and O–H groups in total. The Labute approximate surface area is 154 Å². The zero-order valence-electron chi connectivity index (χ0n) is 13.8. The molecule has 1 aliphatic heterocycles. The second-order valence-electron chi connectivity index (χ2n) is 6.01. The van der Waals surface area contributed by atoms with Crippen molar-refractivity contribution in [1.82, 2.24) is 9.88 Å². The minimum atomic E-state index is -4.85. The molecule has 0 saturated heterocycles. The molecule has 26 heavy (non-hydrogen) atoms. The summed E-state index contributed by atoms with van der Waals surface area (Å²) in [6, 6.07) is 7.27. The summed E-state index contributed by atoms with van der Waals surface area (Å²) in [5, 5.41) is 0.527. The summed E-state index contributed by atoms with van der Waals surface area (Å²) in [7, 11) is 0. The van der Waals surface area contributed by atoms with Crippen molar-refractivity contribution in [2.45, 2.75) is 19.0 Å². The van der Waals surface area contributed by atoms with Gasteiger partial charge < -0.3 is 4.90 Å². The fourth-order valence-electron chi connectivity index (χ4n) is 3.04. The molecule has 2 aromatic rings. The first kappa shape index (κ1) is 18.5. The molecule has 0 aliphatic carbocycles. The van der Waals surface area contributed by atoms with Crippen molar-refractivity contribution in [1.29, 1.82) is 0 Å². The van der Waals surface area contributed by atoms with E-state index in [-0.39, 0.29) is 13.1 Å². The van der Waals surface area contributed by atoms with E-state index >= 15 is 0 Å². The lowest BCUT2D eigenvalue weighted by Crippen LogP contribution is -2.42. The van der Waals surface area contributed by atoms with Crippen LogP contribution in [0.1, 0.15) is 22.3 Å². The summed E-state index contributed by atoms with van der Waals surface area (Å²) in [5.41, 5.74) is 3.46. The number of hydrogen-bond donors (Lipinski definition) is 0.